The Kier molecular flexibility index (Phi) is 7.40. The van der Waals surface area contributed by atoms with Crippen molar-refractivity contribution in [1.29, 1.82) is 0 Å². The molecule has 0 atom stereocenters. The maximum absolute atomic E-state index is 11.8. The zero-order valence-corrected chi connectivity index (χ0v) is 14.3. The van der Waals surface area contributed by atoms with Gasteiger partial charge in [-0.25, -0.2) is 9.78 Å². The van der Waals surface area contributed by atoms with Crippen LogP contribution in [0.3, 0.4) is 0 Å². The third-order valence-corrected chi connectivity index (χ3v) is 3.20. The quantitative estimate of drug-likeness (QED) is 0.849. The van der Waals surface area contributed by atoms with Gasteiger partial charge in [-0.1, -0.05) is 6.92 Å². The van der Waals surface area contributed by atoms with Crippen molar-refractivity contribution in [3.63, 3.8) is 0 Å². The molecule has 7 nitrogen and oxygen atoms in total. The van der Waals surface area contributed by atoms with E-state index in [9.17, 15) is 18.0 Å². The van der Waals surface area contributed by atoms with Gasteiger partial charge in [0.15, 0.2) is 0 Å². The van der Waals surface area contributed by atoms with Gasteiger partial charge in [0.25, 0.3) is 5.89 Å². The van der Waals surface area contributed by atoms with Crippen LogP contribution >= 0.6 is 0 Å². The van der Waals surface area contributed by atoms with E-state index in [1.54, 1.807) is 0 Å². The van der Waals surface area contributed by atoms with E-state index in [4.69, 9.17) is 14.3 Å². The van der Waals surface area contributed by atoms with Crippen LogP contribution in [0.1, 0.15) is 49.3 Å². The van der Waals surface area contributed by atoms with Crippen LogP contribution in [0.2, 0.25) is 0 Å². The number of oxazole rings is 1. The minimum absolute atomic E-state index is 0.0954. The van der Waals surface area contributed by atoms with Crippen molar-refractivity contribution in [2.75, 3.05) is 13.1 Å². The molecule has 0 fully saturated rings. The van der Waals surface area contributed by atoms with E-state index in [1.165, 1.54) is 0 Å². The monoisotopic (exact) mass is 365 g/mol. The van der Waals surface area contributed by atoms with Crippen molar-refractivity contribution in [3.05, 3.63) is 17.3 Å². The molecule has 1 amide bonds. The Balaban J connectivity index is 0.000000381. The summed E-state index contributed by atoms with van der Waals surface area (Å²) in [6.07, 6.45) is -3.11. The molecule has 0 aliphatic carbocycles. The molecule has 1 aliphatic heterocycles. The predicted molar refractivity (Wildman–Crippen MR) is 82.1 cm³/mol. The molecule has 0 saturated carbocycles. The van der Waals surface area contributed by atoms with Crippen molar-refractivity contribution in [1.82, 2.24) is 15.2 Å². The number of nitrogens with one attached hydrogen (secondary N) is 1. The Bertz CT molecular complexity index is 599. The molecule has 0 spiro atoms. The van der Waals surface area contributed by atoms with Gasteiger partial charge in [0.05, 0.1) is 5.69 Å². The number of carbonyl (C=O) groups is 2. The van der Waals surface area contributed by atoms with Gasteiger partial charge in [0.2, 0.25) is 0 Å². The summed E-state index contributed by atoms with van der Waals surface area (Å²) in [4.78, 5) is 27.4. The molecule has 2 rings (SSSR count). The van der Waals surface area contributed by atoms with Crippen molar-refractivity contribution in [2.24, 2.45) is 0 Å². The van der Waals surface area contributed by atoms with E-state index in [1.807, 2.05) is 13.8 Å². The summed E-state index contributed by atoms with van der Waals surface area (Å²) >= 11 is 0. The fourth-order valence-corrected chi connectivity index (χ4v) is 2.18. The summed E-state index contributed by atoms with van der Waals surface area (Å²) in [6.45, 7) is 8.86. The first kappa shape index (κ1) is 20.9. The lowest BCUT2D eigenvalue weighted by Gasteiger charge is -2.24. The lowest BCUT2D eigenvalue weighted by molar-refractivity contribution is -0.192. The highest BCUT2D eigenvalue weighted by Gasteiger charge is 2.38. The molecule has 0 aromatic carbocycles. The number of carboxylic acids is 1. The number of nitrogens with zero attached hydrogens (tertiary/aromatic N) is 2. The Morgan fingerprint density at radius 2 is 2.00 bits per heavy atom. The molecule has 1 aliphatic rings. The van der Waals surface area contributed by atoms with Gasteiger partial charge < -0.3 is 14.8 Å². The third kappa shape index (κ3) is 6.73. The molecule has 142 valence electrons. The normalized spacial score (nSPS) is 14.5. The molecule has 0 unspecified atom stereocenters. The number of alkyl halides is 3. The van der Waals surface area contributed by atoms with Crippen LogP contribution in [0.4, 0.5) is 13.2 Å². The van der Waals surface area contributed by atoms with Crippen molar-refractivity contribution in [3.8, 4) is 0 Å². The SMILES string of the molecule is CCCN1CCc2oc(C(=O)NC(C)C)nc2C1.O=C(O)C(F)(F)F. The van der Waals surface area contributed by atoms with Gasteiger partial charge in [-0.2, -0.15) is 13.2 Å². The van der Waals surface area contributed by atoms with Gasteiger partial charge in [0, 0.05) is 25.6 Å². The maximum atomic E-state index is 11.8. The first-order valence-corrected chi connectivity index (χ1v) is 7.86. The van der Waals surface area contributed by atoms with Crippen LogP contribution in [0, 0.1) is 0 Å². The lowest BCUT2D eigenvalue weighted by Crippen LogP contribution is -2.31. The predicted octanol–water partition coefficient (Wildman–Crippen LogP) is 2.21. The van der Waals surface area contributed by atoms with Gasteiger partial charge in [-0.15, -0.1) is 0 Å². The Morgan fingerprint density at radius 3 is 2.48 bits per heavy atom. The molecule has 0 bridgehead atoms. The van der Waals surface area contributed by atoms with Crippen molar-refractivity contribution < 1.29 is 32.3 Å². The number of carbonyl (C=O) groups excluding carboxylic acids is 1. The molecule has 0 radical (unpaired) electrons. The minimum atomic E-state index is -5.08. The number of aromatic nitrogens is 1. The Hall–Kier alpha value is -2.10. The van der Waals surface area contributed by atoms with E-state index < -0.39 is 12.1 Å². The van der Waals surface area contributed by atoms with Gasteiger partial charge in [-0.05, 0) is 26.8 Å². The smallest absolute Gasteiger partial charge is 0.475 e. The summed E-state index contributed by atoms with van der Waals surface area (Å²) < 4.78 is 37.3. The summed E-state index contributed by atoms with van der Waals surface area (Å²) in [5.41, 5.74) is 0.920. The van der Waals surface area contributed by atoms with Crippen LogP contribution < -0.4 is 5.32 Å². The molecule has 1 aromatic rings. The second-order valence-corrected chi connectivity index (χ2v) is 5.85. The van der Waals surface area contributed by atoms with E-state index in [-0.39, 0.29) is 17.8 Å². The average molecular weight is 365 g/mol. The number of hydrogen-bond acceptors (Lipinski definition) is 5. The lowest BCUT2D eigenvalue weighted by atomic mass is 10.1. The Morgan fingerprint density at radius 1 is 1.40 bits per heavy atom. The standard InChI is InChI=1S/C13H21N3O2.C2HF3O2/c1-4-6-16-7-5-11-10(8-16)15-13(18-11)12(17)14-9(2)3;3-2(4,5)1(6)7/h9H,4-8H2,1-3H3,(H,14,17);(H,6,7). The number of carboxylic acid groups (broad SMARTS) is 1. The number of aliphatic carboxylic acids is 1. The second-order valence-electron chi connectivity index (χ2n) is 5.85. The second kappa shape index (κ2) is 8.84. The first-order valence-electron chi connectivity index (χ1n) is 7.86. The first-order chi connectivity index (χ1) is 11.5. The molecule has 10 heteroatoms. The highest BCUT2D eigenvalue weighted by molar-refractivity contribution is 5.89. The highest BCUT2D eigenvalue weighted by atomic mass is 19.4. The summed E-state index contributed by atoms with van der Waals surface area (Å²) in [5.74, 6) is -1.91. The van der Waals surface area contributed by atoms with Crippen LogP contribution in [0.5, 0.6) is 0 Å². The van der Waals surface area contributed by atoms with Gasteiger partial charge in [0.1, 0.15) is 5.76 Å². The average Bonchev–Trinajstić information content (AvgIpc) is 2.90. The molecule has 25 heavy (non-hydrogen) atoms. The van der Waals surface area contributed by atoms with Crippen molar-refractivity contribution in [2.45, 2.75) is 52.4 Å². The number of halogens is 3. The van der Waals surface area contributed by atoms with Gasteiger partial charge >= 0.3 is 18.1 Å². The number of hydrogen-bond donors (Lipinski definition) is 2. The van der Waals surface area contributed by atoms with Gasteiger partial charge in [-0.3, -0.25) is 9.69 Å². The minimum Gasteiger partial charge on any atom is -0.475 e. The van der Waals surface area contributed by atoms with Crippen LogP contribution in [-0.2, 0) is 17.8 Å². The van der Waals surface area contributed by atoms with E-state index in [0.717, 1.165) is 43.9 Å². The third-order valence-electron chi connectivity index (χ3n) is 3.20. The maximum Gasteiger partial charge on any atom is 0.490 e. The largest absolute Gasteiger partial charge is 0.490 e. The van der Waals surface area contributed by atoms with Crippen LogP contribution in [0.25, 0.3) is 0 Å². The zero-order chi connectivity index (χ0) is 19.2. The summed E-state index contributed by atoms with van der Waals surface area (Å²) in [5, 5.41) is 9.92. The summed E-state index contributed by atoms with van der Waals surface area (Å²) in [7, 11) is 0. The topological polar surface area (TPSA) is 95.7 Å². The van der Waals surface area contributed by atoms with Crippen LogP contribution in [-0.4, -0.2) is 52.2 Å². The van der Waals surface area contributed by atoms with Crippen molar-refractivity contribution >= 4 is 11.9 Å². The highest BCUT2D eigenvalue weighted by Crippen LogP contribution is 2.20. The molecule has 2 N–H and O–H groups in total. The number of fused-ring (bicyclic) bond motifs is 1. The van der Waals surface area contributed by atoms with E-state index in [2.05, 4.69) is 22.1 Å². The number of rotatable bonds is 4. The Labute approximate surface area is 143 Å². The van der Waals surface area contributed by atoms with E-state index >= 15 is 0 Å². The molecule has 2 heterocycles. The van der Waals surface area contributed by atoms with E-state index in [0.29, 0.717) is 0 Å². The molecular weight excluding hydrogens is 343 g/mol. The molecular formula is C15H22F3N3O4. The molecule has 0 saturated heterocycles. The fraction of sp³-hybridized carbons (Fsp3) is 0.667. The number of amides is 1. The van der Waals surface area contributed by atoms with Crippen LogP contribution in [0.15, 0.2) is 4.42 Å². The molecule has 1 aromatic heterocycles. The fourth-order valence-electron chi connectivity index (χ4n) is 2.18. The summed E-state index contributed by atoms with van der Waals surface area (Å²) in [6, 6.07) is 0.0954. The zero-order valence-electron chi connectivity index (χ0n) is 14.3.